The van der Waals surface area contributed by atoms with E-state index in [-0.39, 0.29) is 6.04 Å². The molecule has 0 saturated heterocycles. The number of amides is 1. The van der Waals surface area contributed by atoms with Gasteiger partial charge in [0.25, 0.3) is 0 Å². The maximum atomic E-state index is 12.4. The number of fused-ring (bicyclic) bond motifs is 1. The van der Waals surface area contributed by atoms with E-state index in [0.29, 0.717) is 30.7 Å². The summed E-state index contributed by atoms with van der Waals surface area (Å²) in [5.74, 6) is -0.795. The highest BCUT2D eigenvalue weighted by Gasteiger charge is 2.57. The number of nitrogen functional groups attached to an aromatic ring is 1. The first-order chi connectivity index (χ1) is 10.2. The van der Waals surface area contributed by atoms with Crippen LogP contribution in [0.2, 0.25) is 0 Å². The van der Waals surface area contributed by atoms with Gasteiger partial charge in [0.15, 0.2) is 0 Å². The maximum absolute atomic E-state index is 12.4. The van der Waals surface area contributed by atoms with E-state index >= 15 is 0 Å². The third-order valence-corrected chi connectivity index (χ3v) is 4.39. The first-order valence-corrected chi connectivity index (χ1v) is 7.36. The Kier molecular flexibility index (Phi) is 3.09. The summed E-state index contributed by atoms with van der Waals surface area (Å²) in [6.45, 7) is 3.88. The molecule has 3 rings (SSSR count). The molecule has 118 valence electrons. The lowest BCUT2D eigenvalue weighted by Crippen LogP contribution is -2.45. The number of ether oxygens (including phenoxy) is 1. The Morgan fingerprint density at radius 1 is 1.36 bits per heavy atom. The third kappa shape index (κ3) is 2.38. The smallest absolute Gasteiger partial charge is 0.319 e. The van der Waals surface area contributed by atoms with E-state index in [0.717, 1.165) is 5.56 Å². The fourth-order valence-corrected chi connectivity index (χ4v) is 2.96. The second kappa shape index (κ2) is 4.63. The van der Waals surface area contributed by atoms with Crippen molar-refractivity contribution in [3.8, 4) is 5.75 Å². The molecule has 1 fully saturated rings. The first-order valence-electron chi connectivity index (χ1n) is 7.36. The van der Waals surface area contributed by atoms with Gasteiger partial charge in [-0.25, -0.2) is 0 Å². The van der Waals surface area contributed by atoms with Crippen molar-refractivity contribution in [2.75, 3.05) is 5.73 Å². The van der Waals surface area contributed by atoms with Crippen LogP contribution >= 0.6 is 0 Å². The van der Waals surface area contributed by atoms with Crippen LogP contribution in [0, 0.1) is 5.41 Å². The minimum atomic E-state index is -1.25. The fraction of sp³-hybridized carbons (Fsp3) is 0.500. The number of carboxylic acids is 1. The van der Waals surface area contributed by atoms with E-state index in [2.05, 4.69) is 5.32 Å². The second-order valence-corrected chi connectivity index (χ2v) is 6.78. The van der Waals surface area contributed by atoms with Gasteiger partial charge in [0.1, 0.15) is 16.8 Å². The molecule has 2 aliphatic rings. The molecule has 0 aromatic heterocycles. The molecule has 1 saturated carbocycles. The van der Waals surface area contributed by atoms with E-state index in [1.165, 1.54) is 0 Å². The Balaban J connectivity index is 1.89. The van der Waals surface area contributed by atoms with Crippen molar-refractivity contribution in [3.63, 3.8) is 0 Å². The Hall–Kier alpha value is -2.24. The Morgan fingerprint density at radius 3 is 2.64 bits per heavy atom. The van der Waals surface area contributed by atoms with Crippen LogP contribution in [0.1, 0.15) is 44.7 Å². The van der Waals surface area contributed by atoms with Crippen LogP contribution in [-0.4, -0.2) is 22.6 Å². The van der Waals surface area contributed by atoms with Crippen molar-refractivity contribution in [1.29, 1.82) is 0 Å². The lowest BCUT2D eigenvalue weighted by molar-refractivity contribution is -0.149. The number of hydrogen-bond donors (Lipinski definition) is 3. The lowest BCUT2D eigenvalue weighted by atomic mass is 9.89. The Morgan fingerprint density at radius 2 is 2.05 bits per heavy atom. The average Bonchev–Trinajstić information content (AvgIpc) is 3.20. The largest absolute Gasteiger partial charge is 0.487 e. The van der Waals surface area contributed by atoms with Gasteiger partial charge in [0, 0.05) is 17.7 Å². The summed E-state index contributed by atoms with van der Waals surface area (Å²) in [5.41, 5.74) is 5.52. The maximum Gasteiger partial charge on any atom is 0.319 e. The number of hydrogen-bond acceptors (Lipinski definition) is 4. The highest BCUT2D eigenvalue weighted by Crippen LogP contribution is 2.47. The normalized spacial score (nSPS) is 23.8. The van der Waals surface area contributed by atoms with E-state index in [1.54, 1.807) is 18.2 Å². The van der Waals surface area contributed by atoms with Gasteiger partial charge in [0.2, 0.25) is 5.91 Å². The number of rotatable bonds is 3. The quantitative estimate of drug-likeness (QED) is 0.584. The molecule has 1 heterocycles. The van der Waals surface area contributed by atoms with Crippen LogP contribution in [0.5, 0.6) is 5.75 Å². The van der Waals surface area contributed by atoms with Crippen LogP contribution < -0.4 is 15.8 Å². The number of carbonyl (C=O) groups excluding carboxylic acids is 1. The van der Waals surface area contributed by atoms with Crippen LogP contribution in [0.25, 0.3) is 0 Å². The number of anilines is 1. The van der Waals surface area contributed by atoms with Crippen molar-refractivity contribution >= 4 is 17.6 Å². The zero-order chi connectivity index (χ0) is 16.1. The monoisotopic (exact) mass is 304 g/mol. The van der Waals surface area contributed by atoms with Gasteiger partial charge in [0.05, 0.1) is 6.04 Å². The summed E-state index contributed by atoms with van der Waals surface area (Å²) in [5, 5.41) is 12.1. The molecular weight excluding hydrogens is 284 g/mol. The van der Waals surface area contributed by atoms with Crippen molar-refractivity contribution < 1.29 is 19.4 Å². The number of benzene rings is 1. The predicted molar refractivity (Wildman–Crippen MR) is 80.4 cm³/mol. The number of nitrogens with two attached hydrogens (primary N) is 1. The topological polar surface area (TPSA) is 102 Å². The van der Waals surface area contributed by atoms with E-state index in [4.69, 9.17) is 10.5 Å². The molecule has 4 N–H and O–H groups in total. The van der Waals surface area contributed by atoms with E-state index < -0.39 is 22.9 Å². The second-order valence-electron chi connectivity index (χ2n) is 6.78. The highest BCUT2D eigenvalue weighted by atomic mass is 16.5. The molecule has 1 amide bonds. The summed E-state index contributed by atoms with van der Waals surface area (Å²) < 4.78 is 5.91. The summed E-state index contributed by atoms with van der Waals surface area (Å²) in [6.07, 6.45) is 1.35. The fourth-order valence-electron chi connectivity index (χ4n) is 2.96. The van der Waals surface area contributed by atoms with Crippen molar-refractivity contribution in [1.82, 2.24) is 5.32 Å². The molecule has 1 aliphatic carbocycles. The molecule has 1 atom stereocenters. The molecule has 6 heteroatoms. The zero-order valence-electron chi connectivity index (χ0n) is 12.7. The van der Waals surface area contributed by atoms with Gasteiger partial charge in [-0.15, -0.1) is 0 Å². The molecule has 0 radical (unpaired) electrons. The molecular formula is C16H20N2O4. The third-order valence-electron chi connectivity index (χ3n) is 4.39. The number of carbonyl (C=O) groups is 2. The van der Waals surface area contributed by atoms with Crippen molar-refractivity contribution in [2.45, 2.75) is 44.8 Å². The molecule has 1 aliphatic heterocycles. The van der Waals surface area contributed by atoms with Crippen LogP contribution in [0.3, 0.4) is 0 Å². The minimum absolute atomic E-state index is 0.299. The van der Waals surface area contributed by atoms with Gasteiger partial charge >= 0.3 is 5.97 Å². The van der Waals surface area contributed by atoms with Crippen LogP contribution in [-0.2, 0) is 9.59 Å². The molecule has 1 aromatic carbocycles. The SMILES string of the molecule is CC1(C)CC(NC(=O)C2(C(=O)O)CC2)c2cc(N)ccc2O1. The molecule has 22 heavy (non-hydrogen) atoms. The number of carboxylic acid groups (broad SMARTS) is 1. The van der Waals surface area contributed by atoms with Gasteiger partial charge in [-0.3, -0.25) is 9.59 Å². The van der Waals surface area contributed by atoms with Gasteiger partial charge in [-0.05, 0) is 44.9 Å². The number of nitrogens with one attached hydrogen (secondary N) is 1. The summed E-state index contributed by atoms with van der Waals surface area (Å²) in [4.78, 5) is 23.7. The predicted octanol–water partition coefficient (Wildman–Crippen LogP) is 1.85. The Labute approximate surface area is 128 Å². The van der Waals surface area contributed by atoms with E-state index in [9.17, 15) is 14.7 Å². The van der Waals surface area contributed by atoms with E-state index in [1.807, 2.05) is 13.8 Å². The minimum Gasteiger partial charge on any atom is -0.487 e. The zero-order valence-corrected chi connectivity index (χ0v) is 12.7. The number of aliphatic carboxylic acids is 1. The van der Waals surface area contributed by atoms with Crippen LogP contribution in [0.4, 0.5) is 5.69 Å². The summed E-state index contributed by atoms with van der Waals surface area (Å²) >= 11 is 0. The molecule has 6 nitrogen and oxygen atoms in total. The molecule has 1 aromatic rings. The first kappa shape index (κ1) is 14.7. The standard InChI is InChI=1S/C16H20N2O4/c1-15(2)8-11(10-7-9(17)3-4-12(10)22-15)18-13(19)16(5-6-16)14(20)21/h3-4,7,11H,5-6,8,17H2,1-2H3,(H,18,19)(H,20,21). The highest BCUT2D eigenvalue weighted by molar-refractivity contribution is 6.05. The average molecular weight is 304 g/mol. The lowest BCUT2D eigenvalue weighted by Gasteiger charge is -2.38. The Bertz CT molecular complexity index is 650. The van der Waals surface area contributed by atoms with Gasteiger partial charge < -0.3 is 20.9 Å². The molecule has 0 spiro atoms. The van der Waals surface area contributed by atoms with Crippen molar-refractivity contribution in [3.05, 3.63) is 23.8 Å². The van der Waals surface area contributed by atoms with Gasteiger partial charge in [-0.2, -0.15) is 0 Å². The van der Waals surface area contributed by atoms with Crippen LogP contribution in [0.15, 0.2) is 18.2 Å². The van der Waals surface area contributed by atoms with Gasteiger partial charge in [-0.1, -0.05) is 0 Å². The van der Waals surface area contributed by atoms with Crippen molar-refractivity contribution in [2.24, 2.45) is 5.41 Å². The summed E-state index contributed by atoms with van der Waals surface area (Å²) in [7, 11) is 0. The molecule has 1 unspecified atom stereocenters. The summed E-state index contributed by atoms with van der Waals surface area (Å²) in [6, 6.07) is 5.01. The molecule has 0 bridgehead atoms.